The van der Waals surface area contributed by atoms with Crippen molar-refractivity contribution in [1.29, 1.82) is 0 Å². The highest BCUT2D eigenvalue weighted by molar-refractivity contribution is 6.92. The monoisotopic (exact) mass is 176 g/mol. The quantitative estimate of drug-likeness (QED) is 0.584. The molecule has 1 heterocycles. The first-order valence-electron chi connectivity index (χ1n) is 4.11. The molecule has 1 aliphatic heterocycles. The van der Waals surface area contributed by atoms with Crippen LogP contribution < -0.4 is 0 Å². The molecule has 1 rings (SSSR count). The molecule has 0 aliphatic carbocycles. The molecule has 60 valence electrons. The third-order valence-electron chi connectivity index (χ3n) is 1.93. The lowest BCUT2D eigenvalue weighted by molar-refractivity contribution is 0.187. The average molecular weight is 176 g/mol. The zero-order chi connectivity index (χ0) is 7.45. The smallest absolute Gasteiger partial charge is 0.331 e. The molecule has 4 heteroatoms. The van der Waals surface area contributed by atoms with E-state index in [1.54, 1.807) is 0 Å². The molecule has 0 aromatic carbocycles. The van der Waals surface area contributed by atoms with Gasteiger partial charge in [0.25, 0.3) is 0 Å². The lowest BCUT2D eigenvalue weighted by Crippen LogP contribution is -2.52. The van der Waals surface area contributed by atoms with E-state index >= 15 is 0 Å². The fraction of sp³-hybridized carbons (Fsp3) is 1.00. The van der Waals surface area contributed by atoms with Crippen molar-refractivity contribution in [2.24, 2.45) is 0 Å². The summed E-state index contributed by atoms with van der Waals surface area (Å²) in [6.07, 6.45) is 0. The highest BCUT2D eigenvalue weighted by atomic mass is 28.4. The van der Waals surface area contributed by atoms with Gasteiger partial charge in [-0.05, 0) is 25.2 Å². The van der Waals surface area contributed by atoms with Crippen LogP contribution in [0, 0.1) is 0 Å². The normalized spacial score (nSPS) is 22.2. The van der Waals surface area contributed by atoms with Crippen LogP contribution in [0.1, 0.15) is 13.8 Å². The Kier molecular flexibility index (Phi) is 3.09. The Morgan fingerprint density at radius 1 is 1.20 bits per heavy atom. The average Bonchev–Trinajstić information content (AvgIpc) is 1.84. The standard InChI is InChI=1S/C6H16O2Si2/c1-3-7-10(8-4-2)5-9-6-10/h3-6,9H2,1-2H3. The molecular formula is C6H16O2Si2. The Labute approximate surface area is 66.0 Å². The zero-order valence-electron chi connectivity index (χ0n) is 6.85. The van der Waals surface area contributed by atoms with Gasteiger partial charge in [-0.2, -0.15) is 0 Å². The molecule has 0 saturated carbocycles. The van der Waals surface area contributed by atoms with Crippen LogP contribution in [0.5, 0.6) is 0 Å². The minimum absolute atomic E-state index is 0.272. The molecule has 0 spiro atoms. The maximum atomic E-state index is 5.66. The molecule has 0 unspecified atom stereocenters. The van der Waals surface area contributed by atoms with Crippen molar-refractivity contribution in [2.75, 3.05) is 13.2 Å². The molecule has 0 amide bonds. The largest absolute Gasteiger partial charge is 0.395 e. The van der Waals surface area contributed by atoms with Gasteiger partial charge in [-0.3, -0.25) is 0 Å². The fourth-order valence-corrected chi connectivity index (χ4v) is 8.49. The first kappa shape index (κ1) is 8.45. The number of rotatable bonds is 4. The van der Waals surface area contributed by atoms with Crippen molar-refractivity contribution in [2.45, 2.75) is 25.2 Å². The second-order valence-corrected chi connectivity index (χ2v) is 9.74. The molecule has 0 bridgehead atoms. The van der Waals surface area contributed by atoms with Crippen LogP contribution in [-0.2, 0) is 8.85 Å². The number of hydrogen-bond acceptors (Lipinski definition) is 2. The van der Waals surface area contributed by atoms with Gasteiger partial charge in [0.05, 0.1) is 0 Å². The Morgan fingerprint density at radius 3 is 1.90 bits per heavy atom. The molecule has 1 aliphatic rings. The topological polar surface area (TPSA) is 18.5 Å². The van der Waals surface area contributed by atoms with Gasteiger partial charge in [-0.15, -0.1) is 0 Å². The molecule has 10 heavy (non-hydrogen) atoms. The maximum absolute atomic E-state index is 5.66. The Hall–Kier alpha value is 0.354. The van der Waals surface area contributed by atoms with Gasteiger partial charge in [0.15, 0.2) is 0 Å². The van der Waals surface area contributed by atoms with Crippen LogP contribution in [0.2, 0.25) is 11.3 Å². The Balaban J connectivity index is 2.27. The molecule has 1 saturated heterocycles. The highest BCUT2D eigenvalue weighted by Gasteiger charge is 2.43. The van der Waals surface area contributed by atoms with Crippen molar-refractivity contribution in [3.05, 3.63) is 0 Å². The van der Waals surface area contributed by atoms with E-state index in [-0.39, 0.29) is 9.52 Å². The molecule has 0 radical (unpaired) electrons. The van der Waals surface area contributed by atoms with E-state index in [2.05, 4.69) is 13.8 Å². The van der Waals surface area contributed by atoms with Crippen LogP contribution in [0.15, 0.2) is 0 Å². The van der Waals surface area contributed by atoms with E-state index in [0.717, 1.165) is 13.2 Å². The van der Waals surface area contributed by atoms with Gasteiger partial charge in [-0.25, -0.2) is 0 Å². The predicted molar refractivity (Wildman–Crippen MR) is 47.2 cm³/mol. The van der Waals surface area contributed by atoms with E-state index in [4.69, 9.17) is 8.85 Å². The SMILES string of the molecule is CCO[Si]1(OCC)C[SiH2]C1. The van der Waals surface area contributed by atoms with E-state index in [0.29, 0.717) is 0 Å². The molecule has 0 atom stereocenters. The maximum Gasteiger partial charge on any atom is 0.331 e. The summed E-state index contributed by atoms with van der Waals surface area (Å²) in [5.41, 5.74) is 2.71. The third-order valence-corrected chi connectivity index (χ3v) is 12.5. The predicted octanol–water partition coefficient (Wildman–Crippen LogP) is 0.599. The van der Waals surface area contributed by atoms with Crippen molar-refractivity contribution in [1.82, 2.24) is 0 Å². The van der Waals surface area contributed by atoms with Crippen LogP contribution in [0.3, 0.4) is 0 Å². The molecule has 0 N–H and O–H groups in total. The summed E-state index contributed by atoms with van der Waals surface area (Å²) in [5.74, 6) is 0. The molecule has 0 aromatic heterocycles. The van der Waals surface area contributed by atoms with Gasteiger partial charge >= 0.3 is 8.56 Å². The van der Waals surface area contributed by atoms with E-state index < -0.39 is 8.56 Å². The van der Waals surface area contributed by atoms with Crippen LogP contribution in [0.4, 0.5) is 0 Å². The second kappa shape index (κ2) is 3.66. The Bertz CT molecular complexity index is 95.9. The van der Waals surface area contributed by atoms with Crippen molar-refractivity contribution in [3.63, 3.8) is 0 Å². The second-order valence-electron chi connectivity index (χ2n) is 2.63. The summed E-state index contributed by atoms with van der Waals surface area (Å²) in [7, 11) is -1.21. The van der Waals surface area contributed by atoms with Gasteiger partial charge in [0.1, 0.15) is 0 Å². The van der Waals surface area contributed by atoms with Crippen molar-refractivity contribution in [3.8, 4) is 0 Å². The first-order chi connectivity index (χ1) is 4.83. The van der Waals surface area contributed by atoms with Gasteiger partial charge in [-0.1, -0.05) is 0 Å². The first-order valence-corrected chi connectivity index (χ1v) is 8.34. The molecule has 0 aromatic rings. The lowest BCUT2D eigenvalue weighted by Gasteiger charge is -2.36. The summed E-state index contributed by atoms with van der Waals surface area (Å²) in [6.45, 7) is 5.82. The van der Waals surface area contributed by atoms with E-state index in [1.807, 2.05) is 0 Å². The van der Waals surface area contributed by atoms with Crippen LogP contribution >= 0.6 is 0 Å². The van der Waals surface area contributed by atoms with Gasteiger partial charge in [0, 0.05) is 22.7 Å². The van der Waals surface area contributed by atoms with Crippen molar-refractivity contribution >= 4 is 18.1 Å². The summed E-state index contributed by atoms with van der Waals surface area (Å²) >= 11 is 0. The lowest BCUT2D eigenvalue weighted by atomic mass is 10.9. The summed E-state index contributed by atoms with van der Waals surface area (Å²) in [5, 5.41) is 0. The molecule has 1 fully saturated rings. The van der Waals surface area contributed by atoms with Gasteiger partial charge in [0.2, 0.25) is 0 Å². The summed E-state index contributed by atoms with van der Waals surface area (Å²) in [6, 6.07) is 0. The minimum Gasteiger partial charge on any atom is -0.395 e. The summed E-state index contributed by atoms with van der Waals surface area (Å²) in [4.78, 5) is 0. The van der Waals surface area contributed by atoms with Crippen LogP contribution in [0.25, 0.3) is 0 Å². The molecular weight excluding hydrogens is 160 g/mol. The minimum atomic E-state index is -1.48. The third kappa shape index (κ3) is 1.69. The van der Waals surface area contributed by atoms with E-state index in [1.165, 1.54) is 11.3 Å². The zero-order valence-corrected chi connectivity index (χ0v) is 9.27. The van der Waals surface area contributed by atoms with E-state index in [9.17, 15) is 0 Å². The number of hydrogen-bond donors (Lipinski definition) is 0. The van der Waals surface area contributed by atoms with Crippen LogP contribution in [-0.4, -0.2) is 31.3 Å². The summed E-state index contributed by atoms with van der Waals surface area (Å²) < 4.78 is 11.3. The highest BCUT2D eigenvalue weighted by Crippen LogP contribution is 2.27. The van der Waals surface area contributed by atoms with Gasteiger partial charge < -0.3 is 8.85 Å². The Morgan fingerprint density at radius 2 is 1.70 bits per heavy atom. The molecule has 2 nitrogen and oxygen atoms in total. The fourth-order valence-electron chi connectivity index (χ4n) is 1.32. The van der Waals surface area contributed by atoms with Crippen molar-refractivity contribution < 1.29 is 8.85 Å².